The minimum Gasteiger partial charge on any atom is -0.343 e. The minimum absolute atomic E-state index is 0.225. The molecule has 0 N–H and O–H groups in total. The number of nitrogens with zero attached hydrogens (tertiary/aromatic N) is 1. The van der Waals surface area contributed by atoms with E-state index in [1.807, 2.05) is 11.0 Å². The topological polar surface area (TPSA) is 20.3 Å². The number of alkyl halides is 1. The first-order chi connectivity index (χ1) is 8.77. The van der Waals surface area contributed by atoms with Gasteiger partial charge < -0.3 is 4.90 Å². The third kappa shape index (κ3) is 3.14. The van der Waals surface area contributed by atoms with Crippen molar-refractivity contribution >= 4 is 21.8 Å². The SMILES string of the molecule is CCN(CCCBr)C(=O)C1CC1c1ccccc1. The lowest BCUT2D eigenvalue weighted by atomic mass is 10.1. The van der Waals surface area contributed by atoms with E-state index in [1.165, 1.54) is 5.56 Å². The zero-order chi connectivity index (χ0) is 13.0. The predicted octanol–water partition coefficient (Wildman–Crippen LogP) is 3.42. The minimum atomic E-state index is 0.225. The van der Waals surface area contributed by atoms with Gasteiger partial charge in [-0.3, -0.25) is 4.79 Å². The van der Waals surface area contributed by atoms with E-state index in [2.05, 4.69) is 47.1 Å². The summed E-state index contributed by atoms with van der Waals surface area (Å²) < 4.78 is 0. The molecule has 0 heterocycles. The first-order valence-electron chi connectivity index (χ1n) is 6.67. The normalized spacial score (nSPS) is 21.7. The van der Waals surface area contributed by atoms with E-state index < -0.39 is 0 Å². The standard InChI is InChI=1S/C15H20BrNO/c1-2-17(10-6-9-16)15(18)14-11-13(14)12-7-4-3-5-8-12/h3-5,7-8,13-14H,2,6,9-11H2,1H3. The second-order valence-electron chi connectivity index (χ2n) is 4.82. The van der Waals surface area contributed by atoms with Crippen LogP contribution in [-0.4, -0.2) is 29.2 Å². The molecule has 1 aromatic carbocycles. The van der Waals surface area contributed by atoms with Gasteiger partial charge in [-0.2, -0.15) is 0 Å². The average Bonchev–Trinajstić information content (AvgIpc) is 3.20. The molecule has 2 unspecified atom stereocenters. The Morgan fingerprint density at radius 1 is 1.39 bits per heavy atom. The van der Waals surface area contributed by atoms with E-state index in [9.17, 15) is 4.79 Å². The maximum atomic E-state index is 12.3. The summed E-state index contributed by atoms with van der Waals surface area (Å²) in [7, 11) is 0. The van der Waals surface area contributed by atoms with E-state index in [4.69, 9.17) is 0 Å². The molecule has 3 heteroatoms. The number of hydrogen-bond donors (Lipinski definition) is 0. The zero-order valence-corrected chi connectivity index (χ0v) is 12.4. The molecule has 0 aromatic heterocycles. The van der Waals surface area contributed by atoms with Gasteiger partial charge in [0.15, 0.2) is 0 Å². The van der Waals surface area contributed by atoms with Gasteiger partial charge in [-0.1, -0.05) is 46.3 Å². The Labute approximate surface area is 117 Å². The van der Waals surface area contributed by atoms with Crippen LogP contribution >= 0.6 is 15.9 Å². The molecule has 1 aliphatic rings. The summed E-state index contributed by atoms with van der Waals surface area (Å²) in [6.07, 6.45) is 2.05. The van der Waals surface area contributed by atoms with Gasteiger partial charge >= 0.3 is 0 Å². The van der Waals surface area contributed by atoms with Crippen LogP contribution < -0.4 is 0 Å². The van der Waals surface area contributed by atoms with Gasteiger partial charge in [0.1, 0.15) is 0 Å². The van der Waals surface area contributed by atoms with Crippen LogP contribution in [0.5, 0.6) is 0 Å². The molecule has 18 heavy (non-hydrogen) atoms. The van der Waals surface area contributed by atoms with Gasteiger partial charge in [0.2, 0.25) is 5.91 Å². The quantitative estimate of drug-likeness (QED) is 0.737. The Hall–Kier alpha value is -0.830. The van der Waals surface area contributed by atoms with Crippen molar-refractivity contribution in [2.45, 2.75) is 25.7 Å². The van der Waals surface area contributed by atoms with Crippen molar-refractivity contribution in [3.8, 4) is 0 Å². The number of benzene rings is 1. The fourth-order valence-corrected chi connectivity index (χ4v) is 2.70. The van der Waals surface area contributed by atoms with Crippen LogP contribution in [0.3, 0.4) is 0 Å². The molecule has 0 bridgehead atoms. The van der Waals surface area contributed by atoms with Crippen molar-refractivity contribution in [1.29, 1.82) is 0 Å². The molecule has 1 amide bonds. The highest BCUT2D eigenvalue weighted by molar-refractivity contribution is 9.09. The fourth-order valence-electron chi connectivity index (χ4n) is 2.45. The summed E-state index contributed by atoms with van der Waals surface area (Å²) in [5.74, 6) is 1.02. The summed E-state index contributed by atoms with van der Waals surface area (Å²) in [6, 6.07) is 10.4. The predicted molar refractivity (Wildman–Crippen MR) is 78.0 cm³/mol. The van der Waals surface area contributed by atoms with Gasteiger partial charge in [-0.15, -0.1) is 0 Å². The largest absolute Gasteiger partial charge is 0.343 e. The Kier molecular flexibility index (Phi) is 4.81. The molecule has 0 aliphatic heterocycles. The van der Waals surface area contributed by atoms with Crippen LogP contribution in [0, 0.1) is 5.92 Å². The molecule has 0 spiro atoms. The van der Waals surface area contributed by atoms with Gasteiger partial charge in [0, 0.05) is 24.3 Å². The lowest BCUT2D eigenvalue weighted by Crippen LogP contribution is -2.33. The van der Waals surface area contributed by atoms with E-state index >= 15 is 0 Å². The van der Waals surface area contributed by atoms with Crippen LogP contribution in [-0.2, 0) is 4.79 Å². The second-order valence-corrected chi connectivity index (χ2v) is 5.61. The van der Waals surface area contributed by atoms with E-state index in [0.717, 1.165) is 31.3 Å². The highest BCUT2D eigenvalue weighted by atomic mass is 79.9. The van der Waals surface area contributed by atoms with Gasteiger partial charge in [0.05, 0.1) is 0 Å². The lowest BCUT2D eigenvalue weighted by molar-refractivity contribution is -0.132. The highest BCUT2D eigenvalue weighted by Gasteiger charge is 2.45. The molecule has 1 fully saturated rings. The molecule has 98 valence electrons. The molecule has 1 aliphatic carbocycles. The molecule has 2 rings (SSSR count). The Morgan fingerprint density at radius 3 is 2.72 bits per heavy atom. The van der Waals surface area contributed by atoms with Crippen molar-refractivity contribution in [2.75, 3.05) is 18.4 Å². The molecular weight excluding hydrogens is 290 g/mol. The summed E-state index contributed by atoms with van der Waals surface area (Å²) >= 11 is 3.42. The first-order valence-corrected chi connectivity index (χ1v) is 7.79. The van der Waals surface area contributed by atoms with Crippen LogP contribution in [0.1, 0.15) is 31.2 Å². The van der Waals surface area contributed by atoms with Crippen molar-refractivity contribution in [1.82, 2.24) is 4.90 Å². The van der Waals surface area contributed by atoms with Gasteiger partial charge in [-0.25, -0.2) is 0 Å². The first kappa shape index (κ1) is 13.6. The van der Waals surface area contributed by atoms with Crippen molar-refractivity contribution in [3.05, 3.63) is 35.9 Å². The molecule has 0 saturated heterocycles. The van der Waals surface area contributed by atoms with E-state index in [0.29, 0.717) is 11.8 Å². The molecule has 1 aromatic rings. The van der Waals surface area contributed by atoms with Crippen molar-refractivity contribution in [2.24, 2.45) is 5.92 Å². The zero-order valence-electron chi connectivity index (χ0n) is 10.8. The van der Waals surface area contributed by atoms with E-state index in [-0.39, 0.29) is 5.92 Å². The van der Waals surface area contributed by atoms with Crippen LogP contribution in [0.4, 0.5) is 0 Å². The Morgan fingerprint density at radius 2 is 2.11 bits per heavy atom. The number of carbonyl (C=O) groups excluding carboxylic acids is 1. The maximum Gasteiger partial charge on any atom is 0.226 e. The monoisotopic (exact) mass is 309 g/mol. The number of halogens is 1. The molecule has 2 nitrogen and oxygen atoms in total. The average molecular weight is 310 g/mol. The van der Waals surface area contributed by atoms with E-state index in [1.54, 1.807) is 0 Å². The number of rotatable bonds is 6. The number of carbonyl (C=O) groups is 1. The molecule has 2 atom stereocenters. The fraction of sp³-hybridized carbons (Fsp3) is 0.533. The van der Waals surface area contributed by atoms with Gasteiger partial charge in [0.25, 0.3) is 0 Å². The van der Waals surface area contributed by atoms with Crippen LogP contribution in [0.2, 0.25) is 0 Å². The van der Waals surface area contributed by atoms with Gasteiger partial charge in [-0.05, 0) is 31.2 Å². The van der Waals surface area contributed by atoms with Crippen molar-refractivity contribution < 1.29 is 4.79 Å². The Bertz CT molecular complexity index is 393. The number of hydrogen-bond acceptors (Lipinski definition) is 1. The molecule has 1 saturated carbocycles. The summed E-state index contributed by atoms with van der Waals surface area (Å²) in [5, 5.41) is 0.962. The number of amides is 1. The summed E-state index contributed by atoms with van der Waals surface area (Å²) in [5.41, 5.74) is 1.31. The van der Waals surface area contributed by atoms with Crippen LogP contribution in [0.15, 0.2) is 30.3 Å². The Balaban J connectivity index is 1.92. The maximum absolute atomic E-state index is 12.3. The molecular formula is C15H20BrNO. The third-order valence-corrected chi connectivity index (χ3v) is 4.15. The second kappa shape index (κ2) is 6.37. The summed E-state index contributed by atoms with van der Waals surface area (Å²) in [4.78, 5) is 14.3. The highest BCUT2D eigenvalue weighted by Crippen LogP contribution is 2.48. The van der Waals surface area contributed by atoms with Crippen LogP contribution in [0.25, 0.3) is 0 Å². The molecule has 0 radical (unpaired) electrons. The summed E-state index contributed by atoms with van der Waals surface area (Å²) in [6.45, 7) is 3.76. The smallest absolute Gasteiger partial charge is 0.226 e. The van der Waals surface area contributed by atoms with Crippen molar-refractivity contribution in [3.63, 3.8) is 0 Å². The third-order valence-electron chi connectivity index (χ3n) is 3.59. The lowest BCUT2D eigenvalue weighted by Gasteiger charge is -2.20.